The van der Waals surface area contributed by atoms with Gasteiger partial charge in [0.15, 0.2) is 0 Å². The molecule has 1 aliphatic rings. The number of hydrogen-bond acceptors (Lipinski definition) is 2. The van der Waals surface area contributed by atoms with E-state index in [0.717, 1.165) is 18.5 Å². The highest BCUT2D eigenvalue weighted by atomic mass is 19.4. The van der Waals surface area contributed by atoms with Crippen LogP contribution in [0.5, 0.6) is 0 Å². The largest absolute Gasteiger partial charge is 0.405 e. The van der Waals surface area contributed by atoms with E-state index in [4.69, 9.17) is 0 Å². The molecule has 1 amide bonds. The van der Waals surface area contributed by atoms with Gasteiger partial charge in [0.05, 0.1) is 0 Å². The molecule has 19 heavy (non-hydrogen) atoms. The molecule has 1 aromatic heterocycles. The lowest BCUT2D eigenvalue weighted by Crippen LogP contribution is -2.36. The predicted octanol–water partition coefficient (Wildman–Crippen LogP) is 1.42. The van der Waals surface area contributed by atoms with Gasteiger partial charge in [-0.1, -0.05) is 0 Å². The first-order valence-corrected chi connectivity index (χ1v) is 6.15. The minimum absolute atomic E-state index is 0.0925. The van der Waals surface area contributed by atoms with Crippen LogP contribution in [0, 0.1) is 0 Å². The summed E-state index contributed by atoms with van der Waals surface area (Å²) in [6.07, 6.45) is -0.362. The smallest absolute Gasteiger partial charge is 0.345 e. The van der Waals surface area contributed by atoms with Crippen LogP contribution in [0.4, 0.5) is 13.2 Å². The number of alkyl halides is 3. The molecule has 4 nitrogen and oxygen atoms in total. The lowest BCUT2D eigenvalue weighted by atomic mass is 10.4. The van der Waals surface area contributed by atoms with Gasteiger partial charge < -0.3 is 15.2 Å². The highest BCUT2D eigenvalue weighted by Crippen LogP contribution is 2.19. The molecule has 106 valence electrons. The van der Waals surface area contributed by atoms with Gasteiger partial charge in [-0.05, 0) is 25.0 Å². The van der Waals surface area contributed by atoms with Crippen LogP contribution in [0.15, 0.2) is 18.3 Å². The molecule has 0 spiro atoms. The number of hydrogen-bond donors (Lipinski definition) is 2. The van der Waals surface area contributed by atoms with E-state index >= 15 is 0 Å². The fourth-order valence-corrected chi connectivity index (χ4v) is 1.71. The van der Waals surface area contributed by atoms with Crippen molar-refractivity contribution in [3.05, 3.63) is 24.0 Å². The quantitative estimate of drug-likeness (QED) is 0.824. The van der Waals surface area contributed by atoms with Crippen LogP contribution in [0.25, 0.3) is 0 Å². The summed E-state index contributed by atoms with van der Waals surface area (Å²) in [6.45, 7) is -0.752. The lowest BCUT2D eigenvalue weighted by Gasteiger charge is -2.11. The monoisotopic (exact) mass is 275 g/mol. The minimum atomic E-state index is -4.37. The number of aromatic nitrogens is 1. The maximum absolute atomic E-state index is 12.0. The van der Waals surface area contributed by atoms with Gasteiger partial charge in [0, 0.05) is 24.5 Å². The van der Waals surface area contributed by atoms with Crippen molar-refractivity contribution in [1.82, 2.24) is 15.2 Å². The molecule has 2 N–H and O–H groups in total. The van der Waals surface area contributed by atoms with Gasteiger partial charge in [0.1, 0.15) is 13.1 Å². The average molecular weight is 275 g/mol. The molecule has 0 saturated heterocycles. The Morgan fingerprint density at radius 3 is 2.79 bits per heavy atom. The van der Waals surface area contributed by atoms with E-state index in [9.17, 15) is 18.0 Å². The van der Waals surface area contributed by atoms with Crippen LogP contribution in [0.1, 0.15) is 18.5 Å². The van der Waals surface area contributed by atoms with E-state index in [1.54, 1.807) is 16.8 Å². The van der Waals surface area contributed by atoms with E-state index < -0.39 is 18.6 Å². The summed E-state index contributed by atoms with van der Waals surface area (Å²) in [5, 5.41) is 5.16. The number of carbonyl (C=O) groups excluding carboxylic acids is 1. The van der Waals surface area contributed by atoms with E-state index in [0.29, 0.717) is 12.6 Å². The molecule has 1 heterocycles. The summed E-state index contributed by atoms with van der Waals surface area (Å²) in [7, 11) is 0. The van der Waals surface area contributed by atoms with Crippen molar-refractivity contribution in [2.45, 2.75) is 38.1 Å². The third-order valence-electron chi connectivity index (χ3n) is 2.87. The third kappa shape index (κ3) is 4.94. The number of amides is 1. The van der Waals surface area contributed by atoms with Crippen LogP contribution >= 0.6 is 0 Å². The minimum Gasteiger partial charge on any atom is -0.345 e. The maximum atomic E-state index is 12.0. The summed E-state index contributed by atoms with van der Waals surface area (Å²) in [6, 6.07) is 4.18. The van der Waals surface area contributed by atoms with Gasteiger partial charge in [-0.25, -0.2) is 0 Å². The molecule has 1 aromatic rings. The predicted molar refractivity (Wildman–Crippen MR) is 63.4 cm³/mol. The van der Waals surface area contributed by atoms with Crippen LogP contribution in [-0.4, -0.2) is 29.2 Å². The topological polar surface area (TPSA) is 46.1 Å². The van der Waals surface area contributed by atoms with Crippen LogP contribution in [-0.2, 0) is 17.9 Å². The van der Waals surface area contributed by atoms with E-state index in [1.165, 1.54) is 0 Å². The second-order valence-electron chi connectivity index (χ2n) is 4.67. The van der Waals surface area contributed by atoms with Crippen LogP contribution in [0.3, 0.4) is 0 Å². The van der Waals surface area contributed by atoms with Crippen molar-refractivity contribution in [3.8, 4) is 0 Å². The van der Waals surface area contributed by atoms with Gasteiger partial charge in [-0.2, -0.15) is 13.2 Å². The lowest BCUT2D eigenvalue weighted by molar-refractivity contribution is -0.138. The van der Waals surface area contributed by atoms with Crippen molar-refractivity contribution in [2.24, 2.45) is 0 Å². The SMILES string of the molecule is O=C(Cn1cccc1CNC1CC1)NCC(F)(F)F. The fraction of sp³-hybridized carbons (Fsp3) is 0.583. The highest BCUT2D eigenvalue weighted by molar-refractivity contribution is 5.75. The molecular formula is C12H16F3N3O. The summed E-state index contributed by atoms with van der Waals surface area (Å²) in [4.78, 5) is 11.4. The number of carbonyl (C=O) groups is 1. The van der Waals surface area contributed by atoms with Crippen molar-refractivity contribution in [3.63, 3.8) is 0 Å². The Morgan fingerprint density at radius 1 is 1.42 bits per heavy atom. The van der Waals surface area contributed by atoms with Gasteiger partial charge in [0.2, 0.25) is 5.91 Å². The first-order chi connectivity index (χ1) is 8.94. The molecule has 1 aliphatic carbocycles. The molecule has 7 heteroatoms. The summed E-state index contributed by atoms with van der Waals surface area (Å²) in [5.74, 6) is -0.638. The van der Waals surface area contributed by atoms with Crippen LogP contribution < -0.4 is 10.6 Å². The first-order valence-electron chi connectivity index (χ1n) is 6.15. The van der Waals surface area contributed by atoms with E-state index in [-0.39, 0.29) is 6.54 Å². The third-order valence-corrected chi connectivity index (χ3v) is 2.87. The second-order valence-corrected chi connectivity index (χ2v) is 4.67. The number of nitrogens with one attached hydrogen (secondary N) is 2. The summed E-state index contributed by atoms with van der Waals surface area (Å²) >= 11 is 0. The maximum Gasteiger partial charge on any atom is 0.405 e. The van der Waals surface area contributed by atoms with Crippen molar-refractivity contribution in [1.29, 1.82) is 0 Å². The van der Waals surface area contributed by atoms with Crippen LogP contribution in [0.2, 0.25) is 0 Å². The Balaban J connectivity index is 1.80. The van der Waals surface area contributed by atoms with Gasteiger partial charge in [-0.3, -0.25) is 4.79 Å². The molecule has 1 saturated carbocycles. The molecule has 0 aliphatic heterocycles. The zero-order chi connectivity index (χ0) is 13.9. The fourth-order valence-electron chi connectivity index (χ4n) is 1.71. The van der Waals surface area contributed by atoms with Gasteiger partial charge in [0.25, 0.3) is 0 Å². The zero-order valence-corrected chi connectivity index (χ0v) is 10.3. The Labute approximate surface area is 109 Å². The Morgan fingerprint density at radius 2 is 2.16 bits per heavy atom. The molecule has 0 unspecified atom stereocenters. The standard InChI is InChI=1S/C12H16F3N3O/c13-12(14,15)8-17-11(19)7-18-5-1-2-10(18)6-16-9-3-4-9/h1-2,5,9,16H,3-4,6-8H2,(H,17,19). The normalized spacial score (nSPS) is 15.5. The number of halogens is 3. The number of nitrogens with zero attached hydrogens (tertiary/aromatic N) is 1. The highest BCUT2D eigenvalue weighted by Gasteiger charge is 2.27. The Hall–Kier alpha value is -1.50. The molecule has 0 aromatic carbocycles. The first kappa shape index (κ1) is 13.9. The molecule has 0 bridgehead atoms. The van der Waals surface area contributed by atoms with Crippen molar-refractivity contribution in [2.75, 3.05) is 6.54 Å². The molecule has 1 fully saturated rings. The molecule has 0 atom stereocenters. The second kappa shape index (κ2) is 5.64. The van der Waals surface area contributed by atoms with Gasteiger partial charge in [-0.15, -0.1) is 0 Å². The Bertz CT molecular complexity index is 438. The summed E-state index contributed by atoms with van der Waals surface area (Å²) in [5.41, 5.74) is 0.897. The van der Waals surface area contributed by atoms with E-state index in [1.807, 2.05) is 11.4 Å². The zero-order valence-electron chi connectivity index (χ0n) is 10.3. The average Bonchev–Trinajstić information content (AvgIpc) is 3.05. The summed E-state index contributed by atoms with van der Waals surface area (Å²) < 4.78 is 37.5. The van der Waals surface area contributed by atoms with E-state index in [2.05, 4.69) is 5.32 Å². The van der Waals surface area contributed by atoms with Crippen molar-refractivity contribution < 1.29 is 18.0 Å². The van der Waals surface area contributed by atoms with Crippen molar-refractivity contribution >= 4 is 5.91 Å². The number of rotatable bonds is 6. The Kier molecular flexibility index (Phi) is 4.14. The molecule has 0 radical (unpaired) electrons. The van der Waals surface area contributed by atoms with Gasteiger partial charge >= 0.3 is 6.18 Å². The molecule has 2 rings (SSSR count). The molecular weight excluding hydrogens is 259 g/mol.